The predicted octanol–water partition coefficient (Wildman–Crippen LogP) is 1.69. The maximum Gasteiger partial charge on any atom is 0.422 e. The van der Waals surface area contributed by atoms with Crippen LogP contribution in [-0.4, -0.2) is 54.7 Å². The Labute approximate surface area is 155 Å². The van der Waals surface area contributed by atoms with Gasteiger partial charge in [0.05, 0.1) is 0 Å². The van der Waals surface area contributed by atoms with Gasteiger partial charge in [0, 0.05) is 45.4 Å². The van der Waals surface area contributed by atoms with Crippen LogP contribution in [0, 0.1) is 5.92 Å². The third-order valence-electron chi connectivity index (χ3n) is 4.15. The summed E-state index contributed by atoms with van der Waals surface area (Å²) in [5.41, 5.74) is 6.00. The Bertz CT molecular complexity index is 666. The zero-order valence-corrected chi connectivity index (χ0v) is 15.1. The summed E-state index contributed by atoms with van der Waals surface area (Å²) >= 11 is 0. The molecule has 0 radical (unpaired) electrons. The van der Waals surface area contributed by atoms with Gasteiger partial charge in [0.1, 0.15) is 0 Å². The van der Waals surface area contributed by atoms with Crippen LogP contribution in [0.1, 0.15) is 24.8 Å². The zero-order valence-electron chi connectivity index (χ0n) is 15.1. The highest BCUT2D eigenvalue weighted by atomic mass is 19.4. The summed E-state index contributed by atoms with van der Waals surface area (Å²) in [5, 5.41) is 3.18. The van der Waals surface area contributed by atoms with Crippen molar-refractivity contribution in [1.29, 1.82) is 0 Å². The Morgan fingerprint density at radius 2 is 2.30 bits per heavy atom. The lowest BCUT2D eigenvalue weighted by atomic mass is 9.95. The van der Waals surface area contributed by atoms with E-state index in [2.05, 4.69) is 24.9 Å². The Morgan fingerprint density at radius 3 is 2.96 bits per heavy atom. The van der Waals surface area contributed by atoms with Gasteiger partial charge in [-0.1, -0.05) is 0 Å². The van der Waals surface area contributed by atoms with Crippen LogP contribution in [0.15, 0.2) is 23.3 Å². The van der Waals surface area contributed by atoms with Crippen molar-refractivity contribution in [3.8, 4) is 5.88 Å². The molecule has 10 heteroatoms. The molecule has 0 bridgehead atoms. The molecule has 0 aromatic carbocycles. The summed E-state index contributed by atoms with van der Waals surface area (Å²) in [4.78, 5) is 21.2. The summed E-state index contributed by atoms with van der Waals surface area (Å²) in [7, 11) is 1.66. The van der Waals surface area contributed by atoms with Crippen LogP contribution in [0.4, 0.5) is 13.2 Å². The van der Waals surface area contributed by atoms with Gasteiger partial charge in [0.25, 0.3) is 0 Å². The van der Waals surface area contributed by atoms with Gasteiger partial charge in [-0.2, -0.15) is 13.2 Å². The van der Waals surface area contributed by atoms with E-state index in [0.717, 1.165) is 19.4 Å². The van der Waals surface area contributed by atoms with E-state index in [9.17, 15) is 18.0 Å². The van der Waals surface area contributed by atoms with Crippen molar-refractivity contribution in [3.63, 3.8) is 0 Å². The van der Waals surface area contributed by atoms with Crippen molar-refractivity contribution < 1.29 is 22.7 Å². The number of aromatic nitrogens is 1. The SMILES string of the molecule is CN=C(NCc1ccnc(OCC(F)(F)F)c1)N1CCCC(CC(N)=O)C1. The molecule has 0 saturated carbocycles. The molecule has 1 saturated heterocycles. The maximum atomic E-state index is 12.2. The quantitative estimate of drug-likeness (QED) is 0.572. The Hall–Kier alpha value is -2.52. The van der Waals surface area contributed by atoms with Crippen molar-refractivity contribution in [2.24, 2.45) is 16.6 Å². The molecule has 0 spiro atoms. The fraction of sp³-hybridized carbons (Fsp3) is 0.588. The second-order valence-electron chi connectivity index (χ2n) is 6.43. The Morgan fingerprint density at radius 1 is 1.52 bits per heavy atom. The van der Waals surface area contributed by atoms with Crippen molar-refractivity contribution in [2.45, 2.75) is 32.0 Å². The maximum absolute atomic E-state index is 12.2. The van der Waals surface area contributed by atoms with Crippen molar-refractivity contribution in [1.82, 2.24) is 15.2 Å². The molecular formula is C17H24F3N5O2. The molecule has 1 aliphatic rings. The van der Waals surface area contributed by atoms with Crippen molar-refractivity contribution in [3.05, 3.63) is 23.9 Å². The fourth-order valence-electron chi connectivity index (χ4n) is 3.02. The zero-order chi connectivity index (χ0) is 19.9. The first kappa shape index (κ1) is 20.8. The number of nitrogens with one attached hydrogen (secondary N) is 1. The standard InChI is InChI=1S/C17H24F3N5O2/c1-22-16(25-6-2-3-13(10-25)7-14(21)26)24-9-12-4-5-23-15(8-12)27-11-17(18,19)20/h4-5,8,13H,2-3,6-7,9-11H2,1H3,(H2,21,26)(H,22,24). The number of nitrogens with zero attached hydrogens (tertiary/aromatic N) is 3. The van der Waals surface area contributed by atoms with Crippen LogP contribution in [0.2, 0.25) is 0 Å². The number of carbonyl (C=O) groups excluding carboxylic acids is 1. The number of guanidine groups is 1. The van der Waals surface area contributed by atoms with Gasteiger partial charge in [-0.25, -0.2) is 4.98 Å². The fourth-order valence-corrected chi connectivity index (χ4v) is 3.02. The molecule has 2 rings (SSSR count). The topological polar surface area (TPSA) is 92.8 Å². The highest BCUT2D eigenvalue weighted by molar-refractivity contribution is 5.80. The van der Waals surface area contributed by atoms with E-state index in [1.165, 1.54) is 12.3 Å². The molecule has 1 amide bonds. The molecule has 1 aromatic rings. The van der Waals surface area contributed by atoms with E-state index in [1.807, 2.05) is 0 Å². The van der Waals surface area contributed by atoms with E-state index in [1.54, 1.807) is 13.1 Å². The van der Waals surface area contributed by atoms with Gasteiger partial charge in [-0.15, -0.1) is 0 Å². The number of pyridine rings is 1. The lowest BCUT2D eigenvalue weighted by Gasteiger charge is -2.34. The molecule has 2 heterocycles. The van der Waals surface area contributed by atoms with Crippen LogP contribution in [0.25, 0.3) is 0 Å². The largest absolute Gasteiger partial charge is 0.468 e. The number of amides is 1. The lowest BCUT2D eigenvalue weighted by Crippen LogP contribution is -2.46. The first-order valence-electron chi connectivity index (χ1n) is 8.65. The molecule has 7 nitrogen and oxygen atoms in total. The van der Waals surface area contributed by atoms with E-state index >= 15 is 0 Å². The average Bonchev–Trinajstić information content (AvgIpc) is 2.60. The smallest absolute Gasteiger partial charge is 0.422 e. The van der Waals surface area contributed by atoms with Crippen molar-refractivity contribution >= 4 is 11.9 Å². The number of piperidine rings is 1. The summed E-state index contributed by atoms with van der Waals surface area (Å²) in [6, 6.07) is 3.14. The second-order valence-corrected chi connectivity index (χ2v) is 6.43. The molecule has 27 heavy (non-hydrogen) atoms. The molecule has 150 valence electrons. The van der Waals surface area contributed by atoms with Crippen LogP contribution < -0.4 is 15.8 Å². The van der Waals surface area contributed by atoms with Crippen LogP contribution in [0.5, 0.6) is 5.88 Å². The van der Waals surface area contributed by atoms with Gasteiger partial charge < -0.3 is 20.7 Å². The number of primary amides is 1. The summed E-state index contributed by atoms with van der Waals surface area (Å²) in [6.45, 7) is 0.465. The molecule has 1 fully saturated rings. The minimum absolute atomic E-state index is 0.0823. The molecule has 1 atom stereocenters. The molecule has 1 aliphatic heterocycles. The number of alkyl halides is 3. The van der Waals surface area contributed by atoms with E-state index in [4.69, 9.17) is 5.73 Å². The Kier molecular flexibility index (Phi) is 7.26. The molecular weight excluding hydrogens is 363 g/mol. The first-order chi connectivity index (χ1) is 12.8. The Balaban J connectivity index is 1.91. The van der Waals surface area contributed by atoms with E-state index in [-0.39, 0.29) is 17.7 Å². The molecule has 1 aromatic heterocycles. The number of rotatable bonds is 6. The number of aliphatic imine (C=N–C) groups is 1. The number of carbonyl (C=O) groups is 1. The van der Waals surface area contributed by atoms with Gasteiger partial charge in [-0.3, -0.25) is 9.79 Å². The minimum Gasteiger partial charge on any atom is -0.468 e. The first-order valence-corrected chi connectivity index (χ1v) is 8.65. The number of ether oxygens (including phenoxy) is 1. The number of halogens is 3. The van der Waals surface area contributed by atoms with Crippen LogP contribution >= 0.6 is 0 Å². The third-order valence-corrected chi connectivity index (χ3v) is 4.15. The summed E-state index contributed by atoms with van der Waals surface area (Å²) in [6.07, 6.45) is -0.787. The summed E-state index contributed by atoms with van der Waals surface area (Å²) in [5.74, 6) is 0.464. The van der Waals surface area contributed by atoms with Crippen molar-refractivity contribution in [2.75, 3.05) is 26.7 Å². The highest BCUT2D eigenvalue weighted by Gasteiger charge is 2.28. The van der Waals surface area contributed by atoms with Gasteiger partial charge in [0.15, 0.2) is 12.6 Å². The molecule has 3 N–H and O–H groups in total. The number of likely N-dealkylation sites (tertiary alicyclic amines) is 1. The minimum atomic E-state index is -4.41. The monoisotopic (exact) mass is 387 g/mol. The van der Waals surface area contributed by atoms with Gasteiger partial charge in [-0.05, 0) is 30.4 Å². The number of hydrogen-bond donors (Lipinski definition) is 2. The van der Waals surface area contributed by atoms with Crippen LogP contribution in [0.3, 0.4) is 0 Å². The molecule has 0 aliphatic carbocycles. The predicted molar refractivity (Wildman–Crippen MR) is 94.1 cm³/mol. The number of hydrogen-bond acceptors (Lipinski definition) is 4. The van der Waals surface area contributed by atoms with Gasteiger partial charge in [0.2, 0.25) is 11.8 Å². The number of nitrogens with two attached hydrogens (primary N) is 1. The highest BCUT2D eigenvalue weighted by Crippen LogP contribution is 2.20. The molecule has 1 unspecified atom stereocenters. The van der Waals surface area contributed by atoms with Gasteiger partial charge >= 0.3 is 6.18 Å². The normalized spacial score (nSPS) is 18.3. The van der Waals surface area contributed by atoms with E-state index < -0.39 is 12.8 Å². The summed E-state index contributed by atoms with van der Waals surface area (Å²) < 4.78 is 41.4. The average molecular weight is 387 g/mol. The second kappa shape index (κ2) is 9.43. The third kappa shape index (κ3) is 7.32. The van der Waals surface area contributed by atoms with Crippen LogP contribution in [-0.2, 0) is 11.3 Å². The lowest BCUT2D eigenvalue weighted by molar-refractivity contribution is -0.154. The van der Waals surface area contributed by atoms with E-state index in [0.29, 0.717) is 31.0 Å².